The summed E-state index contributed by atoms with van der Waals surface area (Å²) in [6.45, 7) is 4.48. The fourth-order valence-electron chi connectivity index (χ4n) is 3.63. The molecule has 2 saturated heterocycles. The van der Waals surface area contributed by atoms with Crippen LogP contribution in [0.3, 0.4) is 0 Å². The molecule has 2 rings (SSSR count). The molecule has 2 heterocycles. The van der Waals surface area contributed by atoms with E-state index in [1.54, 1.807) is 0 Å². The summed E-state index contributed by atoms with van der Waals surface area (Å²) in [4.78, 5) is 25.5. The van der Waals surface area contributed by atoms with Gasteiger partial charge in [-0.3, -0.25) is 9.59 Å². The number of hydrogen-bond donors (Lipinski definition) is 2. The van der Waals surface area contributed by atoms with E-state index >= 15 is 0 Å². The Balaban J connectivity index is 1.92. The largest absolute Gasteiger partial charge is 0.481 e. The van der Waals surface area contributed by atoms with Crippen LogP contribution in [-0.4, -0.2) is 47.1 Å². The molecule has 20 heavy (non-hydrogen) atoms. The van der Waals surface area contributed by atoms with Crippen molar-refractivity contribution in [1.29, 1.82) is 0 Å². The second-order valence-corrected chi connectivity index (χ2v) is 6.20. The van der Waals surface area contributed by atoms with Gasteiger partial charge in [0.25, 0.3) is 0 Å². The first kappa shape index (κ1) is 15.3. The molecule has 1 amide bonds. The first-order valence-corrected chi connectivity index (χ1v) is 7.83. The molecule has 1 atom stereocenters. The van der Waals surface area contributed by atoms with Gasteiger partial charge in [-0.05, 0) is 44.6 Å². The van der Waals surface area contributed by atoms with Crippen LogP contribution in [0.1, 0.15) is 51.9 Å². The van der Waals surface area contributed by atoms with Crippen LogP contribution in [-0.2, 0) is 9.59 Å². The van der Waals surface area contributed by atoms with Gasteiger partial charge in [0.05, 0.1) is 5.54 Å². The smallest absolute Gasteiger partial charge is 0.303 e. The summed E-state index contributed by atoms with van der Waals surface area (Å²) in [6, 6.07) is 0. The average Bonchev–Trinajstić information content (AvgIpc) is 2.88. The van der Waals surface area contributed by atoms with E-state index in [0.29, 0.717) is 13.1 Å². The molecule has 0 saturated carbocycles. The standard InChI is InChI=1S/C15H26N2O3/c1-2-6-15(7-3-8-16-15)14(20)17-9-4-12(5-10-17)11-13(18)19/h12,16H,2-11H2,1H3,(H,18,19). The molecule has 2 fully saturated rings. The van der Waals surface area contributed by atoms with Crippen molar-refractivity contribution in [3.8, 4) is 0 Å². The highest BCUT2D eigenvalue weighted by atomic mass is 16.4. The van der Waals surface area contributed by atoms with Crippen LogP contribution in [0.5, 0.6) is 0 Å². The van der Waals surface area contributed by atoms with Gasteiger partial charge in [0.1, 0.15) is 0 Å². The Hall–Kier alpha value is -1.10. The fourth-order valence-corrected chi connectivity index (χ4v) is 3.63. The molecule has 0 aromatic rings. The number of likely N-dealkylation sites (tertiary alicyclic amines) is 1. The van der Waals surface area contributed by atoms with Crippen LogP contribution >= 0.6 is 0 Å². The highest BCUT2D eigenvalue weighted by molar-refractivity contribution is 5.87. The summed E-state index contributed by atoms with van der Waals surface area (Å²) in [6.07, 6.45) is 5.80. The van der Waals surface area contributed by atoms with Gasteiger partial charge in [0, 0.05) is 19.5 Å². The van der Waals surface area contributed by atoms with Gasteiger partial charge in [0.15, 0.2) is 0 Å². The van der Waals surface area contributed by atoms with Gasteiger partial charge in [-0.1, -0.05) is 13.3 Å². The van der Waals surface area contributed by atoms with Crippen molar-refractivity contribution in [3.05, 3.63) is 0 Å². The maximum Gasteiger partial charge on any atom is 0.303 e. The van der Waals surface area contributed by atoms with Gasteiger partial charge in [-0.15, -0.1) is 0 Å². The first-order valence-electron chi connectivity index (χ1n) is 7.83. The molecule has 1 unspecified atom stereocenters. The number of carbonyl (C=O) groups excluding carboxylic acids is 1. The van der Waals surface area contributed by atoms with Gasteiger partial charge < -0.3 is 15.3 Å². The number of carboxylic acids is 1. The maximum atomic E-state index is 12.8. The molecule has 0 aromatic heterocycles. The van der Waals surface area contributed by atoms with E-state index in [-0.39, 0.29) is 23.8 Å². The lowest BCUT2D eigenvalue weighted by atomic mass is 9.87. The first-order chi connectivity index (χ1) is 9.57. The number of rotatable bonds is 5. The summed E-state index contributed by atoms with van der Waals surface area (Å²) in [5, 5.41) is 12.3. The molecule has 2 aliphatic heterocycles. The molecular weight excluding hydrogens is 256 g/mol. The quantitative estimate of drug-likeness (QED) is 0.804. The van der Waals surface area contributed by atoms with Gasteiger partial charge in [-0.2, -0.15) is 0 Å². The molecular formula is C15H26N2O3. The third kappa shape index (κ3) is 3.32. The van der Waals surface area contributed by atoms with Crippen LogP contribution in [0, 0.1) is 5.92 Å². The zero-order chi connectivity index (χ0) is 14.6. The maximum absolute atomic E-state index is 12.8. The van der Waals surface area contributed by atoms with Gasteiger partial charge in [-0.25, -0.2) is 0 Å². The van der Waals surface area contributed by atoms with E-state index < -0.39 is 5.97 Å². The SMILES string of the molecule is CCCC1(C(=O)N2CCC(CC(=O)O)CC2)CCCN1. The molecule has 2 N–H and O–H groups in total. The zero-order valence-corrected chi connectivity index (χ0v) is 12.4. The summed E-state index contributed by atoms with van der Waals surface area (Å²) in [5.41, 5.74) is -0.339. The normalized spacial score (nSPS) is 27.8. The van der Waals surface area contributed by atoms with Crippen LogP contribution in [0.15, 0.2) is 0 Å². The van der Waals surface area contributed by atoms with Crippen LogP contribution in [0.4, 0.5) is 0 Å². The van der Waals surface area contributed by atoms with Crippen molar-refractivity contribution in [2.75, 3.05) is 19.6 Å². The van der Waals surface area contributed by atoms with Crippen molar-refractivity contribution in [2.45, 2.75) is 57.4 Å². The Morgan fingerprint density at radius 2 is 2.05 bits per heavy atom. The molecule has 0 radical (unpaired) electrons. The Bertz CT molecular complexity index is 356. The Kier molecular flexibility index (Phi) is 5.02. The van der Waals surface area contributed by atoms with E-state index in [4.69, 9.17) is 5.11 Å². The second-order valence-electron chi connectivity index (χ2n) is 6.20. The molecule has 5 heteroatoms. The lowest BCUT2D eigenvalue weighted by Crippen LogP contribution is -2.56. The van der Waals surface area contributed by atoms with Crippen molar-refractivity contribution in [2.24, 2.45) is 5.92 Å². The number of carbonyl (C=O) groups is 2. The fraction of sp³-hybridized carbons (Fsp3) is 0.867. The van der Waals surface area contributed by atoms with E-state index in [0.717, 1.165) is 45.1 Å². The third-order valence-corrected chi connectivity index (χ3v) is 4.69. The number of carboxylic acid groups (broad SMARTS) is 1. The predicted octanol–water partition coefficient (Wildman–Crippen LogP) is 1.62. The van der Waals surface area contributed by atoms with E-state index in [1.807, 2.05) is 4.90 Å². The highest BCUT2D eigenvalue weighted by Gasteiger charge is 2.43. The molecule has 0 spiro atoms. The summed E-state index contributed by atoms with van der Waals surface area (Å²) < 4.78 is 0. The number of aliphatic carboxylic acids is 1. The zero-order valence-electron chi connectivity index (χ0n) is 12.4. The summed E-state index contributed by atoms with van der Waals surface area (Å²) in [5.74, 6) is -0.254. The number of piperidine rings is 1. The van der Waals surface area contributed by atoms with Crippen LogP contribution in [0.25, 0.3) is 0 Å². The van der Waals surface area contributed by atoms with E-state index in [2.05, 4.69) is 12.2 Å². The van der Waals surface area contributed by atoms with E-state index in [1.165, 1.54) is 0 Å². The molecule has 0 aliphatic carbocycles. The van der Waals surface area contributed by atoms with Crippen molar-refractivity contribution in [1.82, 2.24) is 10.2 Å². The Morgan fingerprint density at radius 3 is 2.55 bits per heavy atom. The third-order valence-electron chi connectivity index (χ3n) is 4.69. The van der Waals surface area contributed by atoms with Crippen LogP contribution in [0.2, 0.25) is 0 Å². The predicted molar refractivity (Wildman–Crippen MR) is 76.4 cm³/mol. The van der Waals surface area contributed by atoms with Gasteiger partial charge in [0.2, 0.25) is 5.91 Å². The summed E-state index contributed by atoms with van der Waals surface area (Å²) >= 11 is 0. The Morgan fingerprint density at radius 1 is 1.35 bits per heavy atom. The lowest BCUT2D eigenvalue weighted by molar-refractivity contribution is -0.140. The summed E-state index contributed by atoms with van der Waals surface area (Å²) in [7, 11) is 0. The highest BCUT2D eigenvalue weighted by Crippen LogP contribution is 2.29. The minimum atomic E-state index is -0.727. The number of amides is 1. The van der Waals surface area contributed by atoms with Crippen molar-refractivity contribution in [3.63, 3.8) is 0 Å². The minimum absolute atomic E-state index is 0.232. The molecule has 5 nitrogen and oxygen atoms in total. The van der Waals surface area contributed by atoms with Crippen molar-refractivity contribution < 1.29 is 14.7 Å². The Labute approximate surface area is 120 Å². The molecule has 2 aliphatic rings. The second kappa shape index (κ2) is 6.57. The lowest BCUT2D eigenvalue weighted by Gasteiger charge is -2.38. The topological polar surface area (TPSA) is 69.6 Å². The minimum Gasteiger partial charge on any atom is -0.481 e. The average molecular weight is 282 g/mol. The molecule has 0 bridgehead atoms. The van der Waals surface area contributed by atoms with Crippen molar-refractivity contribution >= 4 is 11.9 Å². The monoisotopic (exact) mass is 282 g/mol. The molecule has 114 valence electrons. The number of nitrogens with one attached hydrogen (secondary N) is 1. The number of hydrogen-bond acceptors (Lipinski definition) is 3. The van der Waals surface area contributed by atoms with E-state index in [9.17, 15) is 9.59 Å². The van der Waals surface area contributed by atoms with Gasteiger partial charge >= 0.3 is 5.97 Å². The number of nitrogens with zero attached hydrogens (tertiary/aromatic N) is 1. The van der Waals surface area contributed by atoms with Crippen LogP contribution < -0.4 is 5.32 Å². The molecule has 0 aromatic carbocycles.